The van der Waals surface area contributed by atoms with Crippen molar-refractivity contribution in [1.29, 1.82) is 0 Å². The molecule has 0 radical (unpaired) electrons. The monoisotopic (exact) mass is 415 g/mol. The van der Waals surface area contributed by atoms with E-state index in [0.29, 0.717) is 32.1 Å². The molecule has 1 fully saturated rings. The summed E-state index contributed by atoms with van der Waals surface area (Å²) >= 11 is 0. The Hall–Kier alpha value is -3.64. The zero-order valence-electron chi connectivity index (χ0n) is 17.2. The van der Waals surface area contributed by atoms with Crippen LogP contribution in [0, 0.1) is 0 Å². The minimum absolute atomic E-state index is 0.0147. The van der Waals surface area contributed by atoms with Crippen molar-refractivity contribution < 1.29 is 14.3 Å². The van der Waals surface area contributed by atoms with Crippen molar-refractivity contribution in [1.82, 2.24) is 4.90 Å². The summed E-state index contributed by atoms with van der Waals surface area (Å²) in [5, 5.41) is 3.35. The second-order valence-corrected chi connectivity index (χ2v) is 7.15. The van der Waals surface area contributed by atoms with Crippen molar-refractivity contribution in [2.45, 2.75) is 0 Å². The minimum atomic E-state index is -0.0147. The molecule has 3 aromatic rings. The lowest BCUT2D eigenvalue weighted by Crippen LogP contribution is -2.42. The van der Waals surface area contributed by atoms with E-state index in [1.54, 1.807) is 4.90 Å². The molecular weight excluding hydrogens is 390 g/mol. The highest BCUT2D eigenvalue weighted by Gasteiger charge is 2.16. The van der Waals surface area contributed by atoms with Crippen LogP contribution in [0.3, 0.4) is 0 Å². The van der Waals surface area contributed by atoms with Gasteiger partial charge < -0.3 is 19.7 Å². The molecule has 4 rings (SSSR count). The van der Waals surface area contributed by atoms with Gasteiger partial charge in [0.25, 0.3) is 5.91 Å². The largest absolute Gasteiger partial charge is 0.484 e. The standard InChI is InChI=1S/C25H25N3O3/c29-25(28-14-16-30-17-15-28)19-31-24-12-6-20(7-13-24)18-26-21-8-10-23(11-9-21)27-22-4-2-1-3-5-22/h1-13,18,27H,14-17,19H2. The van der Waals surface area contributed by atoms with Gasteiger partial charge in [0.05, 0.1) is 18.9 Å². The predicted octanol–water partition coefficient (Wildman–Crippen LogP) is 4.42. The molecule has 0 aliphatic carbocycles. The first-order valence-electron chi connectivity index (χ1n) is 10.3. The van der Waals surface area contributed by atoms with Crippen LogP contribution in [0.5, 0.6) is 5.75 Å². The van der Waals surface area contributed by atoms with E-state index < -0.39 is 0 Å². The van der Waals surface area contributed by atoms with Gasteiger partial charge in [0.1, 0.15) is 5.75 Å². The number of para-hydroxylation sites is 1. The van der Waals surface area contributed by atoms with Gasteiger partial charge in [-0.05, 0) is 66.2 Å². The van der Waals surface area contributed by atoms with Crippen LogP contribution in [0.4, 0.5) is 17.1 Å². The summed E-state index contributed by atoms with van der Waals surface area (Å²) in [5.41, 5.74) is 3.89. The van der Waals surface area contributed by atoms with Gasteiger partial charge in [-0.1, -0.05) is 18.2 Å². The van der Waals surface area contributed by atoms with E-state index in [0.717, 1.165) is 22.6 Å². The predicted molar refractivity (Wildman–Crippen MR) is 123 cm³/mol. The Balaban J connectivity index is 1.27. The van der Waals surface area contributed by atoms with Crippen molar-refractivity contribution in [3.8, 4) is 5.75 Å². The quantitative estimate of drug-likeness (QED) is 0.581. The van der Waals surface area contributed by atoms with Gasteiger partial charge >= 0.3 is 0 Å². The first-order valence-corrected chi connectivity index (χ1v) is 10.3. The average molecular weight is 415 g/mol. The number of nitrogens with zero attached hydrogens (tertiary/aromatic N) is 2. The molecule has 6 heteroatoms. The van der Waals surface area contributed by atoms with Crippen LogP contribution in [0.25, 0.3) is 0 Å². The van der Waals surface area contributed by atoms with Crippen molar-refractivity contribution in [2.24, 2.45) is 4.99 Å². The zero-order valence-corrected chi connectivity index (χ0v) is 17.2. The van der Waals surface area contributed by atoms with Gasteiger partial charge in [-0.15, -0.1) is 0 Å². The summed E-state index contributed by atoms with van der Waals surface area (Å²) in [6, 6.07) is 25.5. The molecule has 3 aromatic carbocycles. The Kier molecular flexibility index (Phi) is 6.92. The highest BCUT2D eigenvalue weighted by molar-refractivity contribution is 5.82. The van der Waals surface area contributed by atoms with Gasteiger partial charge in [0, 0.05) is 30.7 Å². The number of aliphatic imine (C=N–C) groups is 1. The molecule has 31 heavy (non-hydrogen) atoms. The SMILES string of the molecule is O=C(COc1ccc(C=Nc2ccc(Nc3ccccc3)cc2)cc1)N1CCOCC1. The number of anilines is 2. The zero-order chi connectivity index (χ0) is 21.3. The lowest BCUT2D eigenvalue weighted by atomic mass is 10.2. The fourth-order valence-corrected chi connectivity index (χ4v) is 3.17. The Labute approximate surface area is 182 Å². The maximum Gasteiger partial charge on any atom is 0.260 e. The van der Waals surface area contributed by atoms with Gasteiger partial charge in [0.15, 0.2) is 6.61 Å². The summed E-state index contributed by atoms with van der Waals surface area (Å²) < 4.78 is 10.9. The lowest BCUT2D eigenvalue weighted by Gasteiger charge is -2.26. The molecule has 0 atom stereocenters. The average Bonchev–Trinajstić information content (AvgIpc) is 2.84. The van der Waals surface area contributed by atoms with Crippen molar-refractivity contribution >= 4 is 29.2 Å². The third-order valence-corrected chi connectivity index (χ3v) is 4.90. The van der Waals surface area contributed by atoms with Gasteiger partial charge in [-0.25, -0.2) is 0 Å². The normalized spacial score (nSPS) is 13.9. The van der Waals surface area contributed by atoms with Crippen LogP contribution in [0.15, 0.2) is 83.9 Å². The highest BCUT2D eigenvalue weighted by atomic mass is 16.5. The molecule has 1 aliphatic rings. The second kappa shape index (κ2) is 10.4. The summed E-state index contributed by atoms with van der Waals surface area (Å²) in [5.74, 6) is 0.647. The van der Waals surface area contributed by atoms with E-state index in [1.807, 2.05) is 85.1 Å². The third-order valence-electron chi connectivity index (χ3n) is 4.90. The van der Waals surface area contributed by atoms with E-state index in [9.17, 15) is 4.79 Å². The van der Waals surface area contributed by atoms with Crippen LogP contribution in [0.1, 0.15) is 5.56 Å². The molecule has 1 amide bonds. The van der Waals surface area contributed by atoms with Crippen molar-refractivity contribution in [3.63, 3.8) is 0 Å². The summed E-state index contributed by atoms with van der Waals surface area (Å²) in [7, 11) is 0. The Morgan fingerprint density at radius 3 is 2.32 bits per heavy atom. The van der Waals surface area contributed by atoms with Gasteiger partial charge in [-0.3, -0.25) is 9.79 Å². The fourth-order valence-electron chi connectivity index (χ4n) is 3.17. The Morgan fingerprint density at radius 1 is 0.935 bits per heavy atom. The number of hydrogen-bond donors (Lipinski definition) is 1. The van der Waals surface area contributed by atoms with Crippen molar-refractivity contribution in [3.05, 3.63) is 84.4 Å². The summed E-state index contributed by atoms with van der Waals surface area (Å²) in [4.78, 5) is 18.4. The molecule has 1 saturated heterocycles. The fraction of sp³-hybridized carbons (Fsp3) is 0.200. The summed E-state index contributed by atoms with van der Waals surface area (Å²) in [6.45, 7) is 2.47. The molecule has 1 heterocycles. The van der Waals surface area contributed by atoms with Crippen LogP contribution in [0.2, 0.25) is 0 Å². The van der Waals surface area contributed by atoms with E-state index >= 15 is 0 Å². The van der Waals surface area contributed by atoms with Crippen LogP contribution >= 0.6 is 0 Å². The Bertz CT molecular complexity index is 996. The molecule has 6 nitrogen and oxygen atoms in total. The maximum absolute atomic E-state index is 12.1. The first kappa shape index (κ1) is 20.6. The molecule has 0 unspecified atom stereocenters. The summed E-state index contributed by atoms with van der Waals surface area (Å²) in [6.07, 6.45) is 1.81. The third kappa shape index (κ3) is 6.17. The first-order chi connectivity index (χ1) is 15.3. The van der Waals surface area contributed by atoms with Crippen molar-refractivity contribution in [2.75, 3.05) is 38.2 Å². The molecule has 158 valence electrons. The topological polar surface area (TPSA) is 63.2 Å². The molecule has 0 spiro atoms. The van der Waals surface area contributed by atoms with Crippen LogP contribution in [-0.4, -0.2) is 49.9 Å². The second-order valence-electron chi connectivity index (χ2n) is 7.15. The van der Waals surface area contributed by atoms with Crippen LogP contribution < -0.4 is 10.1 Å². The number of carbonyl (C=O) groups is 1. The highest BCUT2D eigenvalue weighted by Crippen LogP contribution is 2.20. The lowest BCUT2D eigenvalue weighted by molar-refractivity contribution is -0.137. The van der Waals surface area contributed by atoms with E-state index in [2.05, 4.69) is 10.3 Å². The number of ether oxygens (including phenoxy) is 2. The number of rotatable bonds is 7. The van der Waals surface area contributed by atoms with E-state index in [-0.39, 0.29) is 12.5 Å². The number of morpholine rings is 1. The molecule has 1 N–H and O–H groups in total. The number of benzene rings is 3. The molecule has 0 aromatic heterocycles. The molecule has 0 saturated carbocycles. The van der Waals surface area contributed by atoms with E-state index in [1.165, 1.54) is 0 Å². The molecule has 0 bridgehead atoms. The molecular formula is C25H25N3O3. The maximum atomic E-state index is 12.1. The minimum Gasteiger partial charge on any atom is -0.484 e. The number of carbonyl (C=O) groups excluding carboxylic acids is 1. The number of nitrogens with one attached hydrogen (secondary N) is 1. The smallest absolute Gasteiger partial charge is 0.260 e. The molecule has 1 aliphatic heterocycles. The number of amides is 1. The van der Waals surface area contributed by atoms with Crippen LogP contribution in [-0.2, 0) is 9.53 Å². The Morgan fingerprint density at radius 2 is 1.61 bits per heavy atom. The van der Waals surface area contributed by atoms with E-state index in [4.69, 9.17) is 9.47 Å². The number of hydrogen-bond acceptors (Lipinski definition) is 5. The van der Waals surface area contributed by atoms with Gasteiger partial charge in [0.2, 0.25) is 0 Å². The van der Waals surface area contributed by atoms with Gasteiger partial charge in [-0.2, -0.15) is 0 Å².